The Bertz CT molecular complexity index is 1120. The third kappa shape index (κ3) is 4.65. The van der Waals surface area contributed by atoms with Gasteiger partial charge in [0.15, 0.2) is 0 Å². The Hall–Kier alpha value is -2.86. The normalized spacial score (nSPS) is 14.4. The predicted molar refractivity (Wildman–Crippen MR) is 122 cm³/mol. The summed E-state index contributed by atoms with van der Waals surface area (Å²) in [6.45, 7) is 5.86. The second-order valence-electron chi connectivity index (χ2n) is 7.84. The van der Waals surface area contributed by atoms with Gasteiger partial charge in [0, 0.05) is 17.1 Å². The fraction of sp³-hybridized carbons (Fsp3) is 0.292. The highest BCUT2D eigenvalue weighted by Crippen LogP contribution is 2.29. The van der Waals surface area contributed by atoms with Crippen LogP contribution in [0.4, 0.5) is 5.69 Å². The Kier molecular flexibility index (Phi) is 5.77. The summed E-state index contributed by atoms with van der Waals surface area (Å²) in [6, 6.07) is 15.7. The number of anilines is 1. The maximum absolute atomic E-state index is 12.8. The highest BCUT2D eigenvalue weighted by molar-refractivity contribution is 8.00. The lowest BCUT2D eigenvalue weighted by molar-refractivity contribution is -0.115. The second-order valence-corrected chi connectivity index (χ2v) is 9.20. The molecule has 1 heterocycles. The van der Waals surface area contributed by atoms with Crippen molar-refractivity contribution in [2.24, 2.45) is 0 Å². The number of carbonyl (C=O) groups is 2. The summed E-state index contributed by atoms with van der Waals surface area (Å²) < 4.78 is 0. The molecule has 2 aromatic carbocycles. The number of aryl methyl sites for hydroxylation is 2. The summed E-state index contributed by atoms with van der Waals surface area (Å²) in [6.07, 6.45) is 2.07. The van der Waals surface area contributed by atoms with E-state index in [9.17, 15) is 9.59 Å². The van der Waals surface area contributed by atoms with Crippen LogP contribution in [0.1, 0.15) is 41.3 Å². The van der Waals surface area contributed by atoms with E-state index in [1.165, 1.54) is 11.8 Å². The number of pyridine rings is 1. The van der Waals surface area contributed by atoms with Crippen molar-refractivity contribution >= 4 is 40.2 Å². The molecule has 0 radical (unpaired) electrons. The molecule has 1 aliphatic carbocycles. The Labute approximate surface area is 180 Å². The van der Waals surface area contributed by atoms with Crippen molar-refractivity contribution in [2.75, 3.05) is 5.32 Å². The fourth-order valence-corrected chi connectivity index (χ4v) is 4.18. The van der Waals surface area contributed by atoms with Gasteiger partial charge in [-0.2, -0.15) is 0 Å². The van der Waals surface area contributed by atoms with Crippen LogP contribution in [0.3, 0.4) is 0 Å². The van der Waals surface area contributed by atoms with Gasteiger partial charge in [-0.1, -0.05) is 47.7 Å². The number of hydrogen-bond donors (Lipinski definition) is 2. The number of carbonyl (C=O) groups excluding carboxylic acids is 2. The molecule has 0 bridgehead atoms. The van der Waals surface area contributed by atoms with E-state index in [4.69, 9.17) is 0 Å². The van der Waals surface area contributed by atoms with Crippen molar-refractivity contribution < 1.29 is 9.59 Å². The number of nitrogens with one attached hydrogen (secondary N) is 2. The van der Waals surface area contributed by atoms with Gasteiger partial charge >= 0.3 is 0 Å². The van der Waals surface area contributed by atoms with Gasteiger partial charge < -0.3 is 10.6 Å². The van der Waals surface area contributed by atoms with Crippen LogP contribution in [0, 0.1) is 13.8 Å². The zero-order valence-electron chi connectivity index (χ0n) is 17.4. The first-order valence-electron chi connectivity index (χ1n) is 10.2. The first kappa shape index (κ1) is 20.4. The molecule has 5 nitrogen and oxygen atoms in total. The van der Waals surface area contributed by atoms with Gasteiger partial charge in [-0.25, -0.2) is 4.98 Å². The largest absolute Gasteiger partial charge is 0.349 e. The summed E-state index contributed by atoms with van der Waals surface area (Å²) in [4.78, 5) is 30.2. The summed E-state index contributed by atoms with van der Waals surface area (Å²) in [7, 11) is 0. The fourth-order valence-electron chi connectivity index (χ4n) is 3.31. The molecule has 1 aromatic heterocycles. The number of para-hydroxylation sites is 1. The molecular weight excluding hydrogens is 394 g/mol. The number of amides is 2. The average molecular weight is 420 g/mol. The topological polar surface area (TPSA) is 71.1 Å². The number of hydrogen-bond acceptors (Lipinski definition) is 4. The first-order chi connectivity index (χ1) is 14.4. The maximum Gasteiger partial charge on any atom is 0.252 e. The first-order valence-corrected chi connectivity index (χ1v) is 11.0. The molecule has 1 atom stereocenters. The van der Waals surface area contributed by atoms with Crippen LogP contribution in [-0.4, -0.2) is 28.1 Å². The van der Waals surface area contributed by atoms with Gasteiger partial charge in [0.25, 0.3) is 5.91 Å². The van der Waals surface area contributed by atoms with Crippen LogP contribution in [0.5, 0.6) is 0 Å². The van der Waals surface area contributed by atoms with Crippen LogP contribution >= 0.6 is 11.8 Å². The lowest BCUT2D eigenvalue weighted by Crippen LogP contribution is -2.26. The minimum atomic E-state index is -0.362. The molecule has 4 rings (SSSR count). The molecule has 0 saturated heterocycles. The van der Waals surface area contributed by atoms with Crippen molar-refractivity contribution in [3.05, 3.63) is 65.2 Å². The quantitative estimate of drug-likeness (QED) is 0.560. The minimum absolute atomic E-state index is 0.0784. The zero-order valence-corrected chi connectivity index (χ0v) is 18.2. The van der Waals surface area contributed by atoms with Crippen LogP contribution in [0.15, 0.2) is 53.6 Å². The summed E-state index contributed by atoms with van der Waals surface area (Å²) in [5.74, 6) is -0.170. The molecule has 30 heavy (non-hydrogen) atoms. The molecule has 3 aromatic rings. The van der Waals surface area contributed by atoms with Crippen LogP contribution in [0.25, 0.3) is 10.9 Å². The van der Waals surface area contributed by atoms with E-state index < -0.39 is 0 Å². The van der Waals surface area contributed by atoms with Crippen LogP contribution < -0.4 is 10.6 Å². The number of nitrogens with zero attached hydrogens (tertiary/aromatic N) is 1. The summed E-state index contributed by atoms with van der Waals surface area (Å²) in [5.41, 5.74) is 4.37. The van der Waals surface area contributed by atoms with E-state index in [-0.39, 0.29) is 23.1 Å². The summed E-state index contributed by atoms with van der Waals surface area (Å²) >= 11 is 1.36. The summed E-state index contributed by atoms with van der Waals surface area (Å²) in [5, 5.41) is 7.18. The zero-order chi connectivity index (χ0) is 21.3. The molecule has 1 unspecified atom stereocenters. The van der Waals surface area contributed by atoms with E-state index in [0.29, 0.717) is 10.6 Å². The third-order valence-electron chi connectivity index (χ3n) is 5.16. The molecule has 1 saturated carbocycles. The number of aromatic nitrogens is 1. The van der Waals surface area contributed by atoms with Crippen LogP contribution in [0.2, 0.25) is 0 Å². The molecule has 1 aliphatic rings. The minimum Gasteiger partial charge on any atom is -0.349 e. The van der Waals surface area contributed by atoms with E-state index in [0.717, 1.165) is 40.6 Å². The molecular formula is C24H25N3O2S. The van der Waals surface area contributed by atoms with Gasteiger partial charge in [0.05, 0.1) is 21.4 Å². The molecule has 6 heteroatoms. The highest BCUT2D eigenvalue weighted by Gasteiger charge is 2.25. The Morgan fingerprint density at radius 1 is 1.10 bits per heavy atom. The van der Waals surface area contributed by atoms with Crippen LogP contribution in [-0.2, 0) is 4.79 Å². The maximum atomic E-state index is 12.8. The average Bonchev–Trinajstić information content (AvgIpc) is 3.53. The monoisotopic (exact) mass is 419 g/mol. The third-order valence-corrected chi connectivity index (χ3v) is 6.17. The number of fused-ring (bicyclic) bond motifs is 1. The van der Waals surface area contributed by atoms with Crippen molar-refractivity contribution in [1.29, 1.82) is 0 Å². The van der Waals surface area contributed by atoms with Gasteiger partial charge in [-0.3, -0.25) is 9.59 Å². The van der Waals surface area contributed by atoms with E-state index in [1.807, 2.05) is 63.2 Å². The Morgan fingerprint density at radius 2 is 1.87 bits per heavy atom. The number of benzene rings is 2. The molecule has 2 N–H and O–H groups in total. The highest BCUT2D eigenvalue weighted by atomic mass is 32.2. The smallest absolute Gasteiger partial charge is 0.252 e. The lowest BCUT2D eigenvalue weighted by atomic mass is 10.1. The molecule has 0 aliphatic heterocycles. The van der Waals surface area contributed by atoms with E-state index in [1.54, 1.807) is 6.07 Å². The number of rotatable bonds is 6. The Balaban J connectivity index is 1.55. The molecule has 0 spiro atoms. The second kappa shape index (κ2) is 8.48. The van der Waals surface area contributed by atoms with Crippen molar-refractivity contribution in [2.45, 2.75) is 49.9 Å². The van der Waals surface area contributed by atoms with Crippen molar-refractivity contribution in [3.63, 3.8) is 0 Å². The SMILES string of the molecule is Cc1ccc(NC(=O)C(C)Sc2cc(C(=O)NC3CC3)c3ccccc3n2)c(C)c1. The number of thioether (sulfide) groups is 1. The van der Waals surface area contributed by atoms with E-state index >= 15 is 0 Å². The predicted octanol–water partition coefficient (Wildman–Crippen LogP) is 4.86. The molecule has 1 fully saturated rings. The van der Waals surface area contributed by atoms with Gasteiger partial charge in [0.1, 0.15) is 0 Å². The lowest BCUT2D eigenvalue weighted by Gasteiger charge is -2.15. The molecule has 154 valence electrons. The standard InChI is InChI=1S/C24H25N3O2S/c1-14-8-11-20(15(2)12-14)27-23(28)16(3)30-22-13-19(24(29)25-17-9-10-17)18-6-4-5-7-21(18)26-22/h4-8,11-13,16-17H,9-10H2,1-3H3,(H,25,29)(H,27,28). The van der Waals surface area contributed by atoms with E-state index in [2.05, 4.69) is 15.6 Å². The van der Waals surface area contributed by atoms with Crippen molar-refractivity contribution in [3.8, 4) is 0 Å². The van der Waals surface area contributed by atoms with Crippen molar-refractivity contribution in [1.82, 2.24) is 10.3 Å². The van der Waals surface area contributed by atoms with Gasteiger partial charge in [0.2, 0.25) is 5.91 Å². The van der Waals surface area contributed by atoms with Gasteiger partial charge in [-0.15, -0.1) is 0 Å². The molecule has 2 amide bonds. The van der Waals surface area contributed by atoms with Gasteiger partial charge in [-0.05, 0) is 57.4 Å². The Morgan fingerprint density at radius 3 is 2.60 bits per heavy atom.